The van der Waals surface area contributed by atoms with E-state index in [-0.39, 0.29) is 6.04 Å². The lowest BCUT2D eigenvalue weighted by Crippen LogP contribution is -2.18. The first kappa shape index (κ1) is 16.5. The quantitative estimate of drug-likeness (QED) is 0.692. The lowest BCUT2D eigenvalue weighted by atomic mass is 9.93. The second kappa shape index (κ2) is 7.44. The first-order chi connectivity index (χ1) is 10.1. The van der Waals surface area contributed by atoms with Gasteiger partial charge in [0.25, 0.3) is 0 Å². The van der Waals surface area contributed by atoms with Crippen LogP contribution in [-0.2, 0) is 0 Å². The molecule has 0 saturated heterocycles. The summed E-state index contributed by atoms with van der Waals surface area (Å²) in [7, 11) is 1.96. The van der Waals surface area contributed by atoms with E-state index in [0.29, 0.717) is 5.92 Å². The van der Waals surface area contributed by atoms with Crippen molar-refractivity contribution in [1.29, 1.82) is 0 Å². The van der Waals surface area contributed by atoms with Gasteiger partial charge in [-0.2, -0.15) is 0 Å². The number of nitrogens with one attached hydrogen (secondary N) is 1. The van der Waals surface area contributed by atoms with Gasteiger partial charge in [0.05, 0.1) is 11.1 Å². The zero-order valence-corrected chi connectivity index (χ0v) is 15.0. The monoisotopic (exact) mass is 365 g/mol. The summed E-state index contributed by atoms with van der Waals surface area (Å²) in [6.45, 7) is 4.48. The smallest absolute Gasteiger partial charge is 0.0599 e. The van der Waals surface area contributed by atoms with Crippen molar-refractivity contribution in [2.24, 2.45) is 0 Å². The Morgan fingerprint density at radius 3 is 2.29 bits per heavy atom. The van der Waals surface area contributed by atoms with Crippen molar-refractivity contribution in [2.45, 2.75) is 32.2 Å². The number of hydrogen-bond acceptors (Lipinski definition) is 1. The molecule has 1 nitrogen and oxygen atoms in total. The molecular weight excluding hydrogens is 346 g/mol. The molecule has 112 valence electrons. The van der Waals surface area contributed by atoms with Crippen molar-refractivity contribution < 1.29 is 0 Å². The highest BCUT2D eigenvalue weighted by Crippen LogP contribution is 2.33. The van der Waals surface area contributed by atoms with Gasteiger partial charge in [0.15, 0.2) is 0 Å². The van der Waals surface area contributed by atoms with E-state index in [1.165, 1.54) is 11.1 Å². The maximum absolute atomic E-state index is 6.43. The molecule has 0 aliphatic carbocycles. The van der Waals surface area contributed by atoms with Crippen LogP contribution in [0.5, 0.6) is 0 Å². The van der Waals surface area contributed by atoms with Crippen LogP contribution < -0.4 is 5.32 Å². The van der Waals surface area contributed by atoms with Gasteiger partial charge in [-0.15, -0.1) is 0 Å². The Kier molecular flexibility index (Phi) is 5.86. The van der Waals surface area contributed by atoms with Gasteiger partial charge >= 0.3 is 0 Å². The fourth-order valence-electron chi connectivity index (χ4n) is 2.50. The van der Waals surface area contributed by atoms with Crippen LogP contribution in [0.3, 0.4) is 0 Å². The van der Waals surface area contributed by atoms with E-state index in [2.05, 4.69) is 65.4 Å². The number of rotatable bonds is 5. The lowest BCUT2D eigenvalue weighted by Gasteiger charge is -2.20. The van der Waals surface area contributed by atoms with Crippen LogP contribution in [0.1, 0.15) is 48.9 Å². The van der Waals surface area contributed by atoms with Gasteiger partial charge in [-0.1, -0.05) is 61.8 Å². The first-order valence-corrected chi connectivity index (χ1v) is 8.46. The Morgan fingerprint density at radius 1 is 1.10 bits per heavy atom. The standard InChI is InChI=1S/C18H21BrClN/c1-4-12(2)13-8-10-14(11-9-13)18(21-3)15-6-5-7-16(19)17(15)20/h5-12,18,21H,4H2,1-3H3. The molecule has 2 rings (SSSR count). The molecule has 0 spiro atoms. The highest BCUT2D eigenvalue weighted by molar-refractivity contribution is 9.10. The zero-order valence-electron chi connectivity index (χ0n) is 12.7. The molecule has 0 saturated carbocycles. The van der Waals surface area contributed by atoms with Crippen molar-refractivity contribution in [3.8, 4) is 0 Å². The Hall–Kier alpha value is -0.830. The van der Waals surface area contributed by atoms with Gasteiger partial charge in [0, 0.05) is 4.47 Å². The third-order valence-corrected chi connectivity index (χ3v) is 5.34. The molecular formula is C18H21BrClN. The molecule has 3 heteroatoms. The van der Waals surface area contributed by atoms with Crippen molar-refractivity contribution in [1.82, 2.24) is 5.32 Å². The van der Waals surface area contributed by atoms with Crippen LogP contribution in [0, 0.1) is 0 Å². The molecule has 2 unspecified atom stereocenters. The van der Waals surface area contributed by atoms with Crippen LogP contribution >= 0.6 is 27.5 Å². The first-order valence-electron chi connectivity index (χ1n) is 7.29. The highest BCUT2D eigenvalue weighted by Gasteiger charge is 2.16. The third kappa shape index (κ3) is 3.68. The molecule has 0 radical (unpaired) electrons. The SMILES string of the molecule is CCC(C)c1ccc(C(NC)c2cccc(Br)c2Cl)cc1. The summed E-state index contributed by atoms with van der Waals surface area (Å²) >= 11 is 9.93. The number of benzene rings is 2. The van der Waals surface area contributed by atoms with Crippen LogP contribution in [0.15, 0.2) is 46.9 Å². The molecule has 0 aromatic heterocycles. The summed E-state index contributed by atoms with van der Waals surface area (Å²) in [6.07, 6.45) is 1.16. The molecule has 1 N–H and O–H groups in total. The maximum atomic E-state index is 6.43. The second-order valence-electron chi connectivity index (χ2n) is 5.34. The Bertz CT molecular complexity index is 595. The molecule has 2 atom stereocenters. The van der Waals surface area contributed by atoms with Crippen molar-refractivity contribution >= 4 is 27.5 Å². The molecule has 2 aromatic rings. The Balaban J connectivity index is 2.35. The van der Waals surface area contributed by atoms with Gasteiger partial charge in [-0.3, -0.25) is 0 Å². The molecule has 0 fully saturated rings. The summed E-state index contributed by atoms with van der Waals surface area (Å²) in [6, 6.07) is 15.0. The largest absolute Gasteiger partial charge is 0.309 e. The average molecular weight is 367 g/mol. The molecule has 0 amide bonds. The summed E-state index contributed by atoms with van der Waals surface area (Å²) in [4.78, 5) is 0. The molecule has 21 heavy (non-hydrogen) atoms. The summed E-state index contributed by atoms with van der Waals surface area (Å²) in [5.74, 6) is 0.599. The molecule has 0 bridgehead atoms. The van der Waals surface area contributed by atoms with Gasteiger partial charge in [-0.25, -0.2) is 0 Å². The second-order valence-corrected chi connectivity index (χ2v) is 6.57. The Morgan fingerprint density at radius 2 is 1.71 bits per heavy atom. The van der Waals surface area contributed by atoms with E-state index >= 15 is 0 Å². The van der Waals surface area contributed by atoms with Crippen molar-refractivity contribution in [3.05, 3.63) is 68.7 Å². The average Bonchev–Trinajstić information content (AvgIpc) is 2.52. The van der Waals surface area contributed by atoms with E-state index in [4.69, 9.17) is 11.6 Å². The van der Waals surface area contributed by atoms with E-state index in [1.807, 2.05) is 19.2 Å². The fourth-order valence-corrected chi connectivity index (χ4v) is 3.11. The fraction of sp³-hybridized carbons (Fsp3) is 0.333. The summed E-state index contributed by atoms with van der Waals surface area (Å²) in [5.41, 5.74) is 3.70. The van der Waals surface area contributed by atoms with E-state index < -0.39 is 0 Å². The van der Waals surface area contributed by atoms with Gasteiger partial charge in [0.1, 0.15) is 0 Å². The van der Waals surface area contributed by atoms with Crippen molar-refractivity contribution in [3.63, 3.8) is 0 Å². The Labute approximate surface area is 140 Å². The van der Waals surface area contributed by atoms with Gasteiger partial charge < -0.3 is 5.32 Å². The van der Waals surface area contributed by atoms with Gasteiger partial charge in [-0.05, 0) is 58.1 Å². The van der Waals surface area contributed by atoms with Gasteiger partial charge in [0.2, 0.25) is 0 Å². The topological polar surface area (TPSA) is 12.0 Å². The predicted octanol–water partition coefficient (Wildman–Crippen LogP) is 5.92. The van der Waals surface area contributed by atoms with E-state index in [1.54, 1.807) is 0 Å². The minimum Gasteiger partial charge on any atom is -0.309 e. The van der Waals surface area contributed by atoms with Crippen molar-refractivity contribution in [2.75, 3.05) is 7.05 Å². The molecule has 0 aliphatic rings. The van der Waals surface area contributed by atoms with Crippen LogP contribution in [0.25, 0.3) is 0 Å². The summed E-state index contributed by atoms with van der Waals surface area (Å²) < 4.78 is 0.929. The van der Waals surface area contributed by atoms with E-state index in [0.717, 1.165) is 21.5 Å². The van der Waals surface area contributed by atoms with Crippen LogP contribution in [-0.4, -0.2) is 7.05 Å². The molecule has 0 heterocycles. The molecule has 2 aromatic carbocycles. The maximum Gasteiger partial charge on any atom is 0.0599 e. The predicted molar refractivity (Wildman–Crippen MR) is 95.2 cm³/mol. The third-order valence-electron chi connectivity index (χ3n) is 4.03. The summed E-state index contributed by atoms with van der Waals surface area (Å²) in [5, 5.41) is 4.13. The van der Waals surface area contributed by atoms with Crippen LogP contribution in [0.2, 0.25) is 5.02 Å². The van der Waals surface area contributed by atoms with Crippen LogP contribution in [0.4, 0.5) is 0 Å². The molecule has 0 aliphatic heterocycles. The number of hydrogen-bond donors (Lipinski definition) is 1. The number of halogens is 2. The lowest BCUT2D eigenvalue weighted by molar-refractivity contribution is 0.688. The normalized spacial score (nSPS) is 14.0. The minimum absolute atomic E-state index is 0.0981. The minimum atomic E-state index is 0.0981. The van der Waals surface area contributed by atoms with E-state index in [9.17, 15) is 0 Å². The highest BCUT2D eigenvalue weighted by atomic mass is 79.9. The zero-order chi connectivity index (χ0) is 15.4.